The van der Waals surface area contributed by atoms with Gasteiger partial charge < -0.3 is 10.0 Å². The van der Waals surface area contributed by atoms with Crippen LogP contribution in [0.2, 0.25) is 0 Å². The van der Waals surface area contributed by atoms with E-state index in [2.05, 4.69) is 34.8 Å². The van der Waals surface area contributed by atoms with E-state index in [9.17, 15) is 5.11 Å². The summed E-state index contributed by atoms with van der Waals surface area (Å²) in [6, 6.07) is 5.88. The minimum absolute atomic E-state index is 0.104. The zero-order valence-electron chi connectivity index (χ0n) is 9.31. The number of hydrogen-bond donors (Lipinski definition) is 1. The molecule has 1 heterocycles. The van der Waals surface area contributed by atoms with Crippen molar-refractivity contribution in [1.29, 1.82) is 0 Å². The van der Waals surface area contributed by atoms with Gasteiger partial charge in [0.05, 0.1) is 12.6 Å². The number of aliphatic hydroxyl groups excluding tert-OH is 1. The Morgan fingerprint density at radius 2 is 2.13 bits per heavy atom. The maximum Gasteiger partial charge on any atom is 0.129 e. The maximum absolute atomic E-state index is 9.32. The monoisotopic (exact) mass is 272 g/mol. The molecule has 0 unspecified atom stereocenters. The number of rotatable bonds is 4. The molecule has 15 heavy (non-hydrogen) atoms. The molecule has 0 radical (unpaired) electrons. The molecule has 4 heteroatoms. The van der Waals surface area contributed by atoms with Gasteiger partial charge in [-0.2, -0.15) is 0 Å². The number of anilines is 1. The van der Waals surface area contributed by atoms with Crippen LogP contribution >= 0.6 is 15.9 Å². The van der Waals surface area contributed by atoms with Crippen molar-refractivity contribution in [2.45, 2.75) is 19.9 Å². The molecule has 0 aliphatic heterocycles. The third kappa shape index (κ3) is 3.18. The van der Waals surface area contributed by atoms with Crippen LogP contribution in [-0.2, 0) is 0 Å². The van der Waals surface area contributed by atoms with Gasteiger partial charge >= 0.3 is 0 Å². The number of pyridine rings is 1. The third-order valence-corrected chi connectivity index (χ3v) is 2.96. The van der Waals surface area contributed by atoms with Gasteiger partial charge in [0.1, 0.15) is 10.4 Å². The van der Waals surface area contributed by atoms with Crippen molar-refractivity contribution in [2.75, 3.05) is 18.6 Å². The topological polar surface area (TPSA) is 36.4 Å². The number of aromatic nitrogens is 1. The minimum atomic E-state index is 0.104. The summed E-state index contributed by atoms with van der Waals surface area (Å²) in [4.78, 5) is 6.37. The summed E-state index contributed by atoms with van der Waals surface area (Å²) in [5.41, 5.74) is 0. The molecule has 1 N–H and O–H groups in total. The lowest BCUT2D eigenvalue weighted by atomic mass is 10.0. The van der Waals surface area contributed by atoms with Crippen LogP contribution in [0.25, 0.3) is 0 Å². The predicted molar refractivity (Wildman–Crippen MR) is 66.1 cm³/mol. The van der Waals surface area contributed by atoms with Crippen molar-refractivity contribution in [3.05, 3.63) is 22.8 Å². The zero-order chi connectivity index (χ0) is 11.4. The van der Waals surface area contributed by atoms with E-state index in [4.69, 9.17) is 0 Å². The predicted octanol–water partition coefficient (Wildman–Crippen LogP) is 2.30. The highest BCUT2D eigenvalue weighted by molar-refractivity contribution is 9.10. The third-order valence-electron chi connectivity index (χ3n) is 2.52. The first kappa shape index (κ1) is 12.5. The zero-order valence-corrected chi connectivity index (χ0v) is 10.9. The molecule has 0 aliphatic rings. The molecular weight excluding hydrogens is 256 g/mol. The summed E-state index contributed by atoms with van der Waals surface area (Å²) >= 11 is 3.34. The molecule has 0 bridgehead atoms. The average Bonchev–Trinajstić information content (AvgIpc) is 2.18. The first-order valence-electron chi connectivity index (χ1n) is 5.02. The molecule has 1 aromatic rings. The van der Waals surface area contributed by atoms with E-state index in [-0.39, 0.29) is 12.6 Å². The molecule has 0 fully saturated rings. The number of halogens is 1. The Labute approximate surface area is 99.3 Å². The quantitative estimate of drug-likeness (QED) is 0.855. The van der Waals surface area contributed by atoms with Gasteiger partial charge in [0.15, 0.2) is 0 Å². The fourth-order valence-corrected chi connectivity index (χ4v) is 1.88. The van der Waals surface area contributed by atoms with Crippen LogP contribution in [-0.4, -0.2) is 29.8 Å². The smallest absolute Gasteiger partial charge is 0.129 e. The van der Waals surface area contributed by atoms with E-state index >= 15 is 0 Å². The Balaban J connectivity index is 2.87. The molecule has 1 rings (SSSR count). The standard InChI is InChI=1S/C11H17BrN2O/c1-8(2)9(7-15)14(3)11-6-4-5-10(12)13-11/h4-6,8-9,15H,7H2,1-3H3/t9-/m0/s1. The summed E-state index contributed by atoms with van der Waals surface area (Å²) < 4.78 is 0.812. The number of hydrogen-bond acceptors (Lipinski definition) is 3. The molecule has 1 aromatic heterocycles. The van der Waals surface area contributed by atoms with Crippen molar-refractivity contribution < 1.29 is 5.11 Å². The van der Waals surface area contributed by atoms with Crippen molar-refractivity contribution in [2.24, 2.45) is 5.92 Å². The maximum atomic E-state index is 9.32. The second-order valence-electron chi connectivity index (χ2n) is 3.92. The second-order valence-corrected chi connectivity index (χ2v) is 4.74. The molecule has 0 spiro atoms. The highest BCUT2D eigenvalue weighted by atomic mass is 79.9. The lowest BCUT2D eigenvalue weighted by Gasteiger charge is -2.30. The number of aliphatic hydroxyl groups is 1. The van der Waals surface area contributed by atoms with Crippen molar-refractivity contribution >= 4 is 21.7 Å². The normalized spacial score (nSPS) is 12.9. The van der Waals surface area contributed by atoms with Crippen molar-refractivity contribution in [3.8, 4) is 0 Å². The SMILES string of the molecule is CC(C)[C@H](CO)N(C)c1cccc(Br)n1. The van der Waals surface area contributed by atoms with Gasteiger partial charge in [-0.3, -0.25) is 0 Å². The van der Waals surface area contributed by atoms with Crippen molar-refractivity contribution in [3.63, 3.8) is 0 Å². The molecule has 0 saturated heterocycles. The summed E-state index contributed by atoms with van der Waals surface area (Å²) in [6.07, 6.45) is 0. The van der Waals surface area contributed by atoms with Gasteiger partial charge in [-0.25, -0.2) is 4.98 Å². The first-order valence-corrected chi connectivity index (χ1v) is 5.81. The molecule has 0 aliphatic carbocycles. The van der Waals surface area contributed by atoms with Crippen LogP contribution < -0.4 is 4.90 Å². The Morgan fingerprint density at radius 1 is 1.47 bits per heavy atom. The van der Waals surface area contributed by atoms with E-state index in [1.807, 2.05) is 30.1 Å². The summed E-state index contributed by atoms with van der Waals surface area (Å²) in [7, 11) is 1.95. The van der Waals surface area contributed by atoms with Crippen LogP contribution in [0.3, 0.4) is 0 Å². The highest BCUT2D eigenvalue weighted by Gasteiger charge is 2.18. The van der Waals surface area contributed by atoms with Crippen LogP contribution in [0.1, 0.15) is 13.8 Å². The second kappa shape index (κ2) is 5.47. The van der Waals surface area contributed by atoms with E-state index in [0.29, 0.717) is 5.92 Å². The highest BCUT2D eigenvalue weighted by Crippen LogP contribution is 2.18. The molecule has 0 saturated carbocycles. The molecule has 1 atom stereocenters. The summed E-state index contributed by atoms with van der Waals surface area (Å²) in [6.45, 7) is 4.33. The minimum Gasteiger partial charge on any atom is -0.394 e. The van der Waals surface area contributed by atoms with Crippen molar-refractivity contribution in [1.82, 2.24) is 4.98 Å². The van der Waals surface area contributed by atoms with Crippen LogP contribution in [0.4, 0.5) is 5.82 Å². The first-order chi connectivity index (χ1) is 7.06. The Hall–Kier alpha value is -0.610. The Morgan fingerprint density at radius 3 is 2.60 bits per heavy atom. The largest absolute Gasteiger partial charge is 0.394 e. The molecule has 3 nitrogen and oxygen atoms in total. The van der Waals surface area contributed by atoms with E-state index in [0.717, 1.165) is 10.4 Å². The fraction of sp³-hybridized carbons (Fsp3) is 0.545. The van der Waals surface area contributed by atoms with E-state index < -0.39 is 0 Å². The van der Waals surface area contributed by atoms with Crippen LogP contribution in [0, 0.1) is 5.92 Å². The van der Waals surface area contributed by atoms with Gasteiger partial charge in [-0.15, -0.1) is 0 Å². The molecule has 0 aromatic carbocycles. The van der Waals surface area contributed by atoms with Gasteiger partial charge in [0.25, 0.3) is 0 Å². The average molecular weight is 273 g/mol. The number of likely N-dealkylation sites (N-methyl/N-ethyl adjacent to an activating group) is 1. The van der Waals surface area contributed by atoms with Gasteiger partial charge in [0, 0.05) is 7.05 Å². The van der Waals surface area contributed by atoms with Crippen LogP contribution in [0.15, 0.2) is 22.8 Å². The molecular formula is C11H17BrN2O. The lowest BCUT2D eigenvalue weighted by molar-refractivity contribution is 0.234. The van der Waals surface area contributed by atoms with Gasteiger partial charge in [-0.1, -0.05) is 19.9 Å². The van der Waals surface area contributed by atoms with Gasteiger partial charge in [-0.05, 0) is 34.0 Å². The summed E-state index contributed by atoms with van der Waals surface area (Å²) in [5, 5.41) is 9.32. The van der Waals surface area contributed by atoms with E-state index in [1.165, 1.54) is 0 Å². The lowest BCUT2D eigenvalue weighted by Crippen LogP contribution is -2.39. The molecule has 84 valence electrons. The van der Waals surface area contributed by atoms with Gasteiger partial charge in [0.2, 0.25) is 0 Å². The fourth-order valence-electron chi connectivity index (χ4n) is 1.54. The number of nitrogens with zero attached hydrogens (tertiary/aromatic N) is 2. The molecule has 0 amide bonds. The van der Waals surface area contributed by atoms with E-state index in [1.54, 1.807) is 0 Å². The summed E-state index contributed by atoms with van der Waals surface area (Å²) in [5.74, 6) is 1.26. The Bertz CT molecular complexity index is 317. The Kier molecular flexibility index (Phi) is 4.54. The van der Waals surface area contributed by atoms with Crippen LogP contribution in [0.5, 0.6) is 0 Å².